The van der Waals surface area contributed by atoms with Crippen LogP contribution in [0.1, 0.15) is 32.1 Å². The van der Waals surface area contributed by atoms with E-state index in [9.17, 15) is 9.59 Å². The maximum Gasteiger partial charge on any atom is 0.305 e. The van der Waals surface area contributed by atoms with Gasteiger partial charge in [-0.05, 0) is 12.8 Å². The van der Waals surface area contributed by atoms with Crippen molar-refractivity contribution in [2.24, 2.45) is 0 Å². The maximum atomic E-state index is 12.0. The van der Waals surface area contributed by atoms with Crippen LogP contribution in [-0.4, -0.2) is 40.2 Å². The van der Waals surface area contributed by atoms with Crippen LogP contribution in [0.4, 0.5) is 0 Å². The van der Waals surface area contributed by atoms with E-state index in [1.54, 1.807) is 11.8 Å². The lowest BCUT2D eigenvalue weighted by Gasteiger charge is -2.30. The SMILES string of the molecule is O=C(O)CC1(NC(=O)C2CSCN2)CCCC1. The summed E-state index contributed by atoms with van der Waals surface area (Å²) in [4.78, 5) is 22.9. The smallest absolute Gasteiger partial charge is 0.305 e. The van der Waals surface area contributed by atoms with Crippen LogP contribution in [0.5, 0.6) is 0 Å². The second kappa shape index (κ2) is 5.27. The number of thioether (sulfide) groups is 1. The fourth-order valence-electron chi connectivity index (χ4n) is 2.60. The molecule has 2 fully saturated rings. The minimum absolute atomic E-state index is 0.0403. The van der Waals surface area contributed by atoms with Gasteiger partial charge in [-0.15, -0.1) is 11.8 Å². The highest BCUT2D eigenvalue weighted by atomic mass is 32.2. The van der Waals surface area contributed by atoms with Crippen molar-refractivity contribution in [2.75, 3.05) is 11.6 Å². The molecule has 96 valence electrons. The molecule has 1 saturated heterocycles. The molecule has 1 atom stereocenters. The molecule has 1 unspecified atom stereocenters. The summed E-state index contributed by atoms with van der Waals surface area (Å²) in [7, 11) is 0. The third kappa shape index (κ3) is 3.13. The minimum atomic E-state index is -0.832. The molecular weight excluding hydrogens is 240 g/mol. The van der Waals surface area contributed by atoms with Gasteiger partial charge in [-0.2, -0.15) is 0 Å². The molecule has 2 aliphatic rings. The summed E-state index contributed by atoms with van der Waals surface area (Å²) < 4.78 is 0. The van der Waals surface area contributed by atoms with Crippen LogP contribution in [0, 0.1) is 0 Å². The van der Waals surface area contributed by atoms with E-state index in [4.69, 9.17) is 5.11 Å². The summed E-state index contributed by atoms with van der Waals surface area (Å²) in [5.41, 5.74) is -0.502. The molecule has 5 nitrogen and oxygen atoms in total. The standard InChI is InChI=1S/C11H18N2O3S/c14-9(15)5-11(3-1-2-4-11)13-10(16)8-6-17-7-12-8/h8,12H,1-7H2,(H,13,16)(H,14,15). The molecule has 17 heavy (non-hydrogen) atoms. The van der Waals surface area contributed by atoms with Crippen molar-refractivity contribution < 1.29 is 14.7 Å². The molecule has 0 aromatic rings. The molecule has 1 saturated carbocycles. The van der Waals surface area contributed by atoms with Crippen LogP contribution in [0.3, 0.4) is 0 Å². The maximum absolute atomic E-state index is 12.0. The van der Waals surface area contributed by atoms with Gasteiger partial charge in [0.25, 0.3) is 0 Å². The Hall–Kier alpha value is -0.750. The van der Waals surface area contributed by atoms with E-state index >= 15 is 0 Å². The molecule has 0 radical (unpaired) electrons. The van der Waals surface area contributed by atoms with Gasteiger partial charge in [0, 0.05) is 11.6 Å². The number of nitrogens with one attached hydrogen (secondary N) is 2. The first kappa shape index (κ1) is 12.7. The van der Waals surface area contributed by atoms with Gasteiger partial charge in [-0.25, -0.2) is 0 Å². The molecule has 1 amide bonds. The van der Waals surface area contributed by atoms with Crippen molar-refractivity contribution in [3.63, 3.8) is 0 Å². The normalized spacial score (nSPS) is 26.9. The zero-order valence-electron chi connectivity index (χ0n) is 9.70. The zero-order valence-corrected chi connectivity index (χ0v) is 10.5. The molecule has 3 N–H and O–H groups in total. The fraction of sp³-hybridized carbons (Fsp3) is 0.818. The van der Waals surface area contributed by atoms with Crippen LogP contribution in [-0.2, 0) is 9.59 Å². The van der Waals surface area contributed by atoms with Gasteiger partial charge < -0.3 is 10.4 Å². The highest BCUT2D eigenvalue weighted by Crippen LogP contribution is 2.32. The van der Waals surface area contributed by atoms with Gasteiger partial charge in [0.15, 0.2) is 0 Å². The van der Waals surface area contributed by atoms with E-state index in [2.05, 4.69) is 10.6 Å². The van der Waals surface area contributed by atoms with Crippen LogP contribution >= 0.6 is 11.8 Å². The Kier molecular flexibility index (Phi) is 3.93. The van der Waals surface area contributed by atoms with Gasteiger partial charge in [0.1, 0.15) is 0 Å². The lowest BCUT2D eigenvalue weighted by atomic mass is 9.93. The first-order valence-corrected chi connectivity index (χ1v) is 7.12. The van der Waals surface area contributed by atoms with Crippen molar-refractivity contribution >= 4 is 23.6 Å². The van der Waals surface area contributed by atoms with Crippen molar-refractivity contribution in [2.45, 2.75) is 43.7 Å². The summed E-state index contributed by atoms with van der Waals surface area (Å²) in [6.45, 7) is 0. The number of hydrogen-bond donors (Lipinski definition) is 3. The number of carbonyl (C=O) groups excluding carboxylic acids is 1. The van der Waals surface area contributed by atoms with Gasteiger partial charge in [0.2, 0.25) is 5.91 Å². The summed E-state index contributed by atoms with van der Waals surface area (Å²) >= 11 is 1.69. The van der Waals surface area contributed by atoms with Crippen LogP contribution < -0.4 is 10.6 Å². The summed E-state index contributed by atoms with van der Waals surface area (Å²) in [5, 5.41) is 15.0. The Morgan fingerprint density at radius 3 is 2.65 bits per heavy atom. The Bertz CT molecular complexity index is 310. The number of carbonyl (C=O) groups is 2. The van der Waals surface area contributed by atoms with E-state index in [-0.39, 0.29) is 18.4 Å². The zero-order chi connectivity index (χ0) is 12.3. The lowest BCUT2D eigenvalue weighted by molar-refractivity contribution is -0.139. The monoisotopic (exact) mass is 258 g/mol. The van der Waals surface area contributed by atoms with Crippen LogP contribution in [0.15, 0.2) is 0 Å². The molecule has 0 bridgehead atoms. The van der Waals surface area contributed by atoms with Crippen molar-refractivity contribution in [1.82, 2.24) is 10.6 Å². The van der Waals surface area contributed by atoms with Gasteiger partial charge >= 0.3 is 5.97 Å². The third-order valence-corrected chi connectivity index (χ3v) is 4.41. The Morgan fingerprint density at radius 1 is 1.41 bits per heavy atom. The average Bonchev–Trinajstić information content (AvgIpc) is 2.86. The second-order valence-corrected chi connectivity index (χ2v) is 5.85. The molecule has 0 aromatic heterocycles. The van der Waals surface area contributed by atoms with Gasteiger partial charge in [-0.3, -0.25) is 14.9 Å². The van der Waals surface area contributed by atoms with E-state index < -0.39 is 11.5 Å². The molecule has 1 aliphatic carbocycles. The van der Waals surface area contributed by atoms with E-state index in [1.165, 1.54) is 0 Å². The second-order valence-electron chi connectivity index (χ2n) is 4.82. The van der Waals surface area contributed by atoms with Crippen molar-refractivity contribution in [3.8, 4) is 0 Å². The third-order valence-electron chi connectivity index (χ3n) is 3.47. The quantitative estimate of drug-likeness (QED) is 0.686. The van der Waals surface area contributed by atoms with Crippen LogP contribution in [0.2, 0.25) is 0 Å². The Labute approximate surface area is 105 Å². The number of aliphatic carboxylic acids is 1. The van der Waals surface area contributed by atoms with Crippen molar-refractivity contribution in [3.05, 3.63) is 0 Å². The topological polar surface area (TPSA) is 78.4 Å². The Morgan fingerprint density at radius 2 is 2.12 bits per heavy atom. The highest BCUT2D eigenvalue weighted by molar-refractivity contribution is 7.99. The molecule has 1 aliphatic heterocycles. The average molecular weight is 258 g/mol. The number of carboxylic acid groups (broad SMARTS) is 1. The number of rotatable bonds is 4. The van der Waals surface area contributed by atoms with Gasteiger partial charge in [0.05, 0.1) is 18.0 Å². The highest BCUT2D eigenvalue weighted by Gasteiger charge is 2.39. The fourth-order valence-corrected chi connectivity index (χ4v) is 3.54. The minimum Gasteiger partial charge on any atom is -0.481 e. The largest absolute Gasteiger partial charge is 0.481 e. The molecule has 2 rings (SSSR count). The summed E-state index contributed by atoms with van der Waals surface area (Å²) in [5.74, 6) is 0.693. The molecule has 0 aromatic carbocycles. The van der Waals surface area contributed by atoms with Crippen LogP contribution in [0.25, 0.3) is 0 Å². The summed E-state index contributed by atoms with van der Waals surface area (Å²) in [6, 6.07) is -0.161. The molecular formula is C11H18N2O3S. The van der Waals surface area contributed by atoms with Gasteiger partial charge in [-0.1, -0.05) is 12.8 Å². The summed E-state index contributed by atoms with van der Waals surface area (Å²) in [6.07, 6.45) is 3.61. The molecule has 6 heteroatoms. The number of carboxylic acids is 1. The van der Waals surface area contributed by atoms with E-state index in [1.807, 2.05) is 0 Å². The first-order valence-electron chi connectivity index (χ1n) is 5.96. The Balaban J connectivity index is 1.97. The lowest BCUT2D eigenvalue weighted by Crippen LogP contribution is -2.53. The molecule has 1 heterocycles. The van der Waals surface area contributed by atoms with E-state index in [0.717, 1.165) is 37.3 Å². The predicted octanol–water partition coefficient (Wildman–Crippen LogP) is 0.553. The first-order chi connectivity index (χ1) is 8.11. The molecule has 0 spiro atoms. The van der Waals surface area contributed by atoms with Crippen molar-refractivity contribution in [1.29, 1.82) is 0 Å². The number of hydrogen-bond acceptors (Lipinski definition) is 4. The van der Waals surface area contributed by atoms with E-state index in [0.29, 0.717) is 0 Å². The number of amides is 1. The predicted molar refractivity (Wildman–Crippen MR) is 65.8 cm³/mol.